The van der Waals surface area contributed by atoms with Crippen LogP contribution >= 0.6 is 34.5 Å². The van der Waals surface area contributed by atoms with Crippen molar-refractivity contribution in [2.45, 2.75) is 13.0 Å². The molecule has 1 aromatic carbocycles. The van der Waals surface area contributed by atoms with Crippen LogP contribution in [0.15, 0.2) is 42.6 Å². The molecule has 3 rings (SSSR count). The number of benzene rings is 1. The summed E-state index contributed by atoms with van der Waals surface area (Å²) in [5.74, 6) is 0. The van der Waals surface area contributed by atoms with Crippen LogP contribution in [0, 0.1) is 0 Å². The quantitative estimate of drug-likeness (QED) is 0.712. The SMILES string of the molecule is C[C@H](Nc1nnc(-c2ccccn2)s1)c1ccc(Cl)cc1Cl. The van der Waals surface area contributed by atoms with Crippen molar-refractivity contribution in [1.82, 2.24) is 15.2 Å². The number of rotatable bonds is 4. The standard InChI is InChI=1S/C15H12Cl2N4S/c1-9(11-6-5-10(16)8-12(11)17)19-15-21-20-14(22-15)13-4-2-3-7-18-13/h2-9H,1H3,(H,19,21)/t9-/m0/s1. The number of aromatic nitrogens is 3. The minimum absolute atomic E-state index is 0.00528. The predicted molar refractivity (Wildman–Crippen MR) is 91.6 cm³/mol. The van der Waals surface area contributed by atoms with Gasteiger partial charge in [-0.15, -0.1) is 10.2 Å². The van der Waals surface area contributed by atoms with Gasteiger partial charge in [0.05, 0.1) is 6.04 Å². The highest BCUT2D eigenvalue weighted by Crippen LogP contribution is 2.31. The van der Waals surface area contributed by atoms with Crippen LogP contribution in [-0.2, 0) is 0 Å². The Morgan fingerprint density at radius 1 is 1.14 bits per heavy atom. The van der Waals surface area contributed by atoms with E-state index in [2.05, 4.69) is 20.5 Å². The zero-order valence-corrected chi connectivity index (χ0v) is 14.0. The summed E-state index contributed by atoms with van der Waals surface area (Å²) in [5.41, 5.74) is 1.77. The highest BCUT2D eigenvalue weighted by molar-refractivity contribution is 7.18. The molecule has 0 aliphatic heterocycles. The zero-order valence-electron chi connectivity index (χ0n) is 11.6. The van der Waals surface area contributed by atoms with Gasteiger partial charge in [-0.3, -0.25) is 4.98 Å². The van der Waals surface area contributed by atoms with Gasteiger partial charge >= 0.3 is 0 Å². The average Bonchev–Trinajstić information content (AvgIpc) is 2.96. The Kier molecular flexibility index (Phi) is 4.57. The van der Waals surface area contributed by atoms with E-state index in [1.54, 1.807) is 12.3 Å². The first-order valence-corrected chi connectivity index (χ1v) is 8.17. The van der Waals surface area contributed by atoms with Crippen LogP contribution in [0.4, 0.5) is 5.13 Å². The normalized spacial score (nSPS) is 12.1. The Labute approximate surface area is 142 Å². The second-order valence-corrected chi connectivity index (χ2v) is 6.48. The van der Waals surface area contributed by atoms with E-state index in [1.165, 1.54) is 11.3 Å². The fourth-order valence-electron chi connectivity index (χ4n) is 1.99. The van der Waals surface area contributed by atoms with Gasteiger partial charge in [-0.2, -0.15) is 0 Å². The first-order valence-electron chi connectivity index (χ1n) is 6.60. The highest BCUT2D eigenvalue weighted by atomic mass is 35.5. The molecule has 3 aromatic rings. The highest BCUT2D eigenvalue weighted by Gasteiger charge is 2.13. The predicted octanol–water partition coefficient (Wildman–Crippen LogP) is 5.08. The summed E-state index contributed by atoms with van der Waals surface area (Å²) in [6.45, 7) is 2.01. The molecular weight excluding hydrogens is 339 g/mol. The van der Waals surface area contributed by atoms with Crippen molar-refractivity contribution in [2.24, 2.45) is 0 Å². The van der Waals surface area contributed by atoms with E-state index >= 15 is 0 Å². The molecule has 0 saturated carbocycles. The minimum atomic E-state index is -0.00528. The van der Waals surface area contributed by atoms with Gasteiger partial charge in [-0.05, 0) is 36.8 Å². The largest absolute Gasteiger partial charge is 0.353 e. The molecule has 1 atom stereocenters. The van der Waals surface area contributed by atoms with E-state index in [-0.39, 0.29) is 6.04 Å². The minimum Gasteiger partial charge on any atom is -0.353 e. The van der Waals surface area contributed by atoms with E-state index in [1.807, 2.05) is 37.3 Å². The van der Waals surface area contributed by atoms with Gasteiger partial charge in [0.25, 0.3) is 0 Å². The molecule has 0 fully saturated rings. The van der Waals surface area contributed by atoms with E-state index in [0.717, 1.165) is 21.4 Å². The molecule has 1 N–H and O–H groups in total. The summed E-state index contributed by atoms with van der Waals surface area (Å²) in [5, 5.41) is 14.4. The van der Waals surface area contributed by atoms with Crippen LogP contribution in [0.25, 0.3) is 10.7 Å². The number of halogens is 2. The van der Waals surface area contributed by atoms with Gasteiger partial charge in [0.1, 0.15) is 5.69 Å². The molecule has 112 valence electrons. The van der Waals surface area contributed by atoms with Crippen molar-refractivity contribution >= 4 is 39.7 Å². The van der Waals surface area contributed by atoms with Crippen LogP contribution in [0.1, 0.15) is 18.5 Å². The van der Waals surface area contributed by atoms with Crippen molar-refractivity contribution in [3.63, 3.8) is 0 Å². The molecule has 4 nitrogen and oxygen atoms in total. The Balaban J connectivity index is 1.77. The fourth-order valence-corrected chi connectivity index (χ4v) is 3.37. The molecule has 0 radical (unpaired) electrons. The lowest BCUT2D eigenvalue weighted by Gasteiger charge is -2.14. The molecule has 0 amide bonds. The summed E-state index contributed by atoms with van der Waals surface area (Å²) >= 11 is 13.6. The van der Waals surface area contributed by atoms with Crippen LogP contribution in [0.2, 0.25) is 10.0 Å². The number of nitrogens with one attached hydrogen (secondary N) is 1. The Bertz CT molecular complexity index is 776. The maximum absolute atomic E-state index is 6.22. The molecule has 22 heavy (non-hydrogen) atoms. The zero-order chi connectivity index (χ0) is 15.5. The van der Waals surface area contributed by atoms with Crippen LogP contribution in [-0.4, -0.2) is 15.2 Å². The summed E-state index contributed by atoms with van der Waals surface area (Å²) in [4.78, 5) is 4.27. The lowest BCUT2D eigenvalue weighted by molar-refractivity contribution is 0.874. The van der Waals surface area contributed by atoms with Gasteiger partial charge in [0.15, 0.2) is 5.01 Å². The van der Waals surface area contributed by atoms with Crippen LogP contribution in [0.3, 0.4) is 0 Å². The molecule has 0 bridgehead atoms. The van der Waals surface area contributed by atoms with Gasteiger partial charge in [0.2, 0.25) is 5.13 Å². The van der Waals surface area contributed by atoms with E-state index in [4.69, 9.17) is 23.2 Å². The van der Waals surface area contributed by atoms with Crippen LogP contribution < -0.4 is 5.32 Å². The molecular formula is C15H12Cl2N4S. The topological polar surface area (TPSA) is 50.7 Å². The summed E-state index contributed by atoms with van der Waals surface area (Å²) < 4.78 is 0. The molecule has 0 saturated heterocycles. The van der Waals surface area contributed by atoms with Gasteiger partial charge in [-0.1, -0.05) is 46.7 Å². The first kappa shape index (κ1) is 15.2. The van der Waals surface area contributed by atoms with E-state index in [9.17, 15) is 0 Å². The number of pyridine rings is 1. The van der Waals surface area contributed by atoms with Gasteiger partial charge in [0, 0.05) is 16.2 Å². The summed E-state index contributed by atoms with van der Waals surface area (Å²) in [6, 6.07) is 11.2. The third-order valence-corrected chi connectivity index (χ3v) is 4.52. The summed E-state index contributed by atoms with van der Waals surface area (Å²) in [6.07, 6.45) is 1.74. The maximum Gasteiger partial charge on any atom is 0.206 e. The molecule has 0 aliphatic carbocycles. The monoisotopic (exact) mass is 350 g/mol. The third-order valence-electron chi connectivity index (χ3n) is 3.08. The fraction of sp³-hybridized carbons (Fsp3) is 0.133. The maximum atomic E-state index is 6.22. The van der Waals surface area contributed by atoms with Crippen LogP contribution in [0.5, 0.6) is 0 Å². The van der Waals surface area contributed by atoms with Crippen molar-refractivity contribution in [2.75, 3.05) is 5.32 Å². The van der Waals surface area contributed by atoms with E-state index in [0.29, 0.717) is 10.0 Å². The molecule has 7 heteroatoms. The second kappa shape index (κ2) is 6.60. The summed E-state index contributed by atoms with van der Waals surface area (Å²) in [7, 11) is 0. The number of hydrogen-bond acceptors (Lipinski definition) is 5. The van der Waals surface area contributed by atoms with Crippen molar-refractivity contribution < 1.29 is 0 Å². The molecule has 2 aromatic heterocycles. The molecule has 0 spiro atoms. The molecule has 2 heterocycles. The lowest BCUT2D eigenvalue weighted by Crippen LogP contribution is -2.06. The van der Waals surface area contributed by atoms with Crippen molar-refractivity contribution in [3.8, 4) is 10.7 Å². The van der Waals surface area contributed by atoms with E-state index < -0.39 is 0 Å². The number of nitrogens with zero attached hydrogens (tertiary/aromatic N) is 3. The Morgan fingerprint density at radius 2 is 2.00 bits per heavy atom. The second-order valence-electron chi connectivity index (χ2n) is 4.66. The molecule has 0 unspecified atom stereocenters. The number of hydrogen-bond donors (Lipinski definition) is 1. The Hall–Kier alpha value is -1.69. The van der Waals surface area contributed by atoms with Gasteiger partial charge in [-0.25, -0.2) is 0 Å². The van der Waals surface area contributed by atoms with Crippen molar-refractivity contribution in [3.05, 3.63) is 58.2 Å². The molecule has 0 aliphatic rings. The van der Waals surface area contributed by atoms with Crippen molar-refractivity contribution in [1.29, 1.82) is 0 Å². The Morgan fingerprint density at radius 3 is 2.73 bits per heavy atom. The van der Waals surface area contributed by atoms with Gasteiger partial charge < -0.3 is 5.32 Å². The lowest BCUT2D eigenvalue weighted by atomic mass is 10.1. The third kappa shape index (κ3) is 3.38. The number of anilines is 1. The first-order chi connectivity index (χ1) is 10.6. The smallest absolute Gasteiger partial charge is 0.206 e. The average molecular weight is 351 g/mol.